The van der Waals surface area contributed by atoms with E-state index in [0.717, 1.165) is 37.6 Å². The van der Waals surface area contributed by atoms with Crippen LogP contribution in [-0.4, -0.2) is 23.2 Å². The van der Waals surface area contributed by atoms with Gasteiger partial charge in [-0.05, 0) is 24.8 Å². The van der Waals surface area contributed by atoms with Crippen LogP contribution in [-0.2, 0) is 4.74 Å². The van der Waals surface area contributed by atoms with E-state index in [1.54, 1.807) is 0 Å². The van der Waals surface area contributed by atoms with Gasteiger partial charge < -0.3 is 4.74 Å². The zero-order chi connectivity index (χ0) is 11.5. The van der Waals surface area contributed by atoms with Gasteiger partial charge in [0.25, 0.3) is 0 Å². The van der Waals surface area contributed by atoms with Crippen molar-refractivity contribution in [3.05, 3.63) is 22.7 Å². The Morgan fingerprint density at radius 1 is 1.31 bits per heavy atom. The second-order valence-corrected chi connectivity index (χ2v) is 4.90. The van der Waals surface area contributed by atoms with Gasteiger partial charge in [0.1, 0.15) is 11.0 Å². The summed E-state index contributed by atoms with van der Waals surface area (Å²) in [5, 5.41) is 0.556. The molecule has 0 saturated carbocycles. The monoisotopic (exact) mass is 240 g/mol. The van der Waals surface area contributed by atoms with E-state index in [9.17, 15) is 0 Å². The summed E-state index contributed by atoms with van der Waals surface area (Å²) in [5.41, 5.74) is 1.03. The van der Waals surface area contributed by atoms with Crippen LogP contribution in [0.15, 0.2) is 6.07 Å². The zero-order valence-corrected chi connectivity index (χ0v) is 10.5. The molecule has 0 spiro atoms. The molecule has 0 amide bonds. The normalized spacial score (nSPS) is 18.0. The van der Waals surface area contributed by atoms with Gasteiger partial charge in [-0.3, -0.25) is 0 Å². The summed E-state index contributed by atoms with van der Waals surface area (Å²) < 4.78 is 5.34. The Bertz CT molecular complexity index is 362. The Morgan fingerprint density at radius 2 is 2.00 bits per heavy atom. The van der Waals surface area contributed by atoms with Crippen molar-refractivity contribution in [1.29, 1.82) is 0 Å². The van der Waals surface area contributed by atoms with E-state index in [0.29, 0.717) is 17.0 Å². The van der Waals surface area contributed by atoms with Gasteiger partial charge in [-0.2, -0.15) is 0 Å². The minimum Gasteiger partial charge on any atom is -0.381 e. The van der Waals surface area contributed by atoms with Crippen LogP contribution in [0.3, 0.4) is 0 Å². The molecule has 0 bridgehead atoms. The highest BCUT2D eigenvalue weighted by Gasteiger charge is 2.20. The van der Waals surface area contributed by atoms with Crippen LogP contribution in [0.4, 0.5) is 0 Å². The van der Waals surface area contributed by atoms with Gasteiger partial charge >= 0.3 is 0 Å². The molecule has 3 nitrogen and oxygen atoms in total. The van der Waals surface area contributed by atoms with Gasteiger partial charge in [-0.25, -0.2) is 9.97 Å². The minimum atomic E-state index is 0.388. The summed E-state index contributed by atoms with van der Waals surface area (Å²) in [6.07, 6.45) is 2.00. The van der Waals surface area contributed by atoms with Crippen LogP contribution in [0.5, 0.6) is 0 Å². The van der Waals surface area contributed by atoms with Gasteiger partial charge in [-0.15, -0.1) is 0 Å². The van der Waals surface area contributed by atoms with Crippen molar-refractivity contribution in [2.75, 3.05) is 13.2 Å². The number of nitrogens with zero attached hydrogens (tertiary/aromatic N) is 2. The topological polar surface area (TPSA) is 35.0 Å². The number of hydrogen-bond acceptors (Lipinski definition) is 3. The molecule has 0 atom stereocenters. The summed E-state index contributed by atoms with van der Waals surface area (Å²) in [7, 11) is 0. The fraction of sp³-hybridized carbons (Fsp3) is 0.667. The van der Waals surface area contributed by atoms with Crippen molar-refractivity contribution >= 4 is 11.6 Å². The minimum absolute atomic E-state index is 0.388. The molecule has 16 heavy (non-hydrogen) atoms. The predicted molar refractivity (Wildman–Crippen MR) is 63.9 cm³/mol. The quantitative estimate of drug-likeness (QED) is 0.745. The Kier molecular flexibility index (Phi) is 3.77. The van der Waals surface area contributed by atoms with E-state index in [2.05, 4.69) is 23.8 Å². The van der Waals surface area contributed by atoms with Crippen molar-refractivity contribution in [3.8, 4) is 0 Å². The molecule has 4 heteroatoms. The molecule has 1 aliphatic rings. The number of aromatic nitrogens is 2. The first kappa shape index (κ1) is 11.8. The largest absolute Gasteiger partial charge is 0.381 e. The van der Waals surface area contributed by atoms with E-state index >= 15 is 0 Å². The average Bonchev–Trinajstić information content (AvgIpc) is 2.29. The molecule has 1 saturated heterocycles. The lowest BCUT2D eigenvalue weighted by atomic mass is 9.99. The summed E-state index contributed by atoms with van der Waals surface area (Å²) >= 11 is 6.03. The standard InChI is InChI=1S/C12H17ClN2O/c1-8(2)10-7-11(13)15-12(14-10)9-3-5-16-6-4-9/h7-9H,3-6H2,1-2H3. The Hall–Kier alpha value is -0.670. The van der Waals surface area contributed by atoms with Crippen LogP contribution in [0.2, 0.25) is 5.15 Å². The van der Waals surface area contributed by atoms with E-state index in [1.165, 1.54) is 0 Å². The molecule has 0 N–H and O–H groups in total. The molecule has 0 aromatic carbocycles. The molecule has 2 heterocycles. The molecular formula is C12H17ClN2O. The molecule has 1 aromatic heterocycles. The molecule has 1 fully saturated rings. The van der Waals surface area contributed by atoms with Crippen molar-refractivity contribution in [1.82, 2.24) is 9.97 Å². The molecule has 88 valence electrons. The van der Waals surface area contributed by atoms with Crippen molar-refractivity contribution < 1.29 is 4.74 Å². The van der Waals surface area contributed by atoms with E-state index < -0.39 is 0 Å². The van der Waals surface area contributed by atoms with Crippen LogP contribution in [0.1, 0.15) is 50.0 Å². The number of hydrogen-bond donors (Lipinski definition) is 0. The Morgan fingerprint density at radius 3 is 2.62 bits per heavy atom. The summed E-state index contributed by atoms with van der Waals surface area (Å²) in [6, 6.07) is 1.86. The first-order chi connectivity index (χ1) is 7.66. The fourth-order valence-corrected chi connectivity index (χ4v) is 2.09. The lowest BCUT2D eigenvalue weighted by Gasteiger charge is -2.21. The number of ether oxygens (including phenoxy) is 1. The first-order valence-corrected chi connectivity index (χ1v) is 6.16. The molecule has 1 aromatic rings. The molecular weight excluding hydrogens is 224 g/mol. The highest BCUT2D eigenvalue weighted by Crippen LogP contribution is 2.26. The molecule has 0 radical (unpaired) electrons. The van der Waals surface area contributed by atoms with E-state index in [-0.39, 0.29) is 0 Å². The zero-order valence-electron chi connectivity index (χ0n) is 9.74. The van der Waals surface area contributed by atoms with Gasteiger partial charge in [0.2, 0.25) is 0 Å². The maximum Gasteiger partial charge on any atom is 0.133 e. The van der Waals surface area contributed by atoms with E-state index in [1.807, 2.05) is 6.07 Å². The summed E-state index contributed by atoms with van der Waals surface area (Å²) in [5.74, 6) is 1.68. The van der Waals surface area contributed by atoms with Crippen molar-refractivity contribution in [2.45, 2.75) is 38.5 Å². The highest BCUT2D eigenvalue weighted by atomic mass is 35.5. The van der Waals surface area contributed by atoms with Crippen LogP contribution < -0.4 is 0 Å². The van der Waals surface area contributed by atoms with E-state index in [4.69, 9.17) is 16.3 Å². The third kappa shape index (κ3) is 2.71. The summed E-state index contributed by atoms with van der Waals surface area (Å²) in [6.45, 7) is 5.84. The molecule has 2 rings (SSSR count). The lowest BCUT2D eigenvalue weighted by molar-refractivity contribution is 0.0835. The molecule has 0 aliphatic carbocycles. The van der Waals surface area contributed by atoms with Crippen molar-refractivity contribution in [2.24, 2.45) is 0 Å². The van der Waals surface area contributed by atoms with Crippen LogP contribution in [0, 0.1) is 0 Å². The van der Waals surface area contributed by atoms with Crippen LogP contribution >= 0.6 is 11.6 Å². The van der Waals surface area contributed by atoms with Crippen LogP contribution in [0.25, 0.3) is 0 Å². The summed E-state index contributed by atoms with van der Waals surface area (Å²) in [4.78, 5) is 8.94. The Balaban J connectivity index is 2.25. The third-order valence-electron chi connectivity index (χ3n) is 2.91. The second-order valence-electron chi connectivity index (χ2n) is 4.52. The maximum absolute atomic E-state index is 6.03. The van der Waals surface area contributed by atoms with Gasteiger partial charge in [0.15, 0.2) is 0 Å². The number of rotatable bonds is 2. The fourth-order valence-electron chi connectivity index (χ4n) is 1.89. The van der Waals surface area contributed by atoms with Gasteiger partial charge in [0.05, 0.1) is 0 Å². The van der Waals surface area contributed by atoms with Gasteiger partial charge in [0, 0.05) is 24.8 Å². The molecule has 0 unspecified atom stereocenters. The highest BCUT2D eigenvalue weighted by molar-refractivity contribution is 6.29. The maximum atomic E-state index is 6.03. The third-order valence-corrected chi connectivity index (χ3v) is 3.10. The van der Waals surface area contributed by atoms with Gasteiger partial charge in [-0.1, -0.05) is 25.4 Å². The lowest BCUT2D eigenvalue weighted by Crippen LogP contribution is -2.17. The Labute approximate surface area is 101 Å². The molecule has 1 aliphatic heterocycles. The smallest absolute Gasteiger partial charge is 0.133 e. The van der Waals surface area contributed by atoms with Crippen molar-refractivity contribution in [3.63, 3.8) is 0 Å². The predicted octanol–water partition coefficient (Wildman–Crippen LogP) is 3.15. The average molecular weight is 241 g/mol. The first-order valence-electron chi connectivity index (χ1n) is 5.79. The second kappa shape index (κ2) is 5.11. The SMILES string of the molecule is CC(C)c1cc(Cl)nc(C2CCOCC2)n1. The number of halogens is 1.